The molecule has 0 saturated heterocycles. The average Bonchev–Trinajstić information content (AvgIpc) is 2.79. The van der Waals surface area contributed by atoms with Crippen molar-refractivity contribution in [1.82, 2.24) is 14.5 Å². The lowest BCUT2D eigenvalue weighted by molar-refractivity contribution is 0.475. The van der Waals surface area contributed by atoms with Crippen molar-refractivity contribution in [2.75, 3.05) is 0 Å². The van der Waals surface area contributed by atoms with E-state index in [1.54, 1.807) is 24.5 Å². The van der Waals surface area contributed by atoms with Crippen LogP contribution in [0.2, 0.25) is 0 Å². The predicted molar refractivity (Wildman–Crippen MR) is 77.2 cm³/mol. The smallest absolute Gasteiger partial charge is 0.127 e. The number of aromatic nitrogens is 3. The fraction of sp³-hybridized carbons (Fsp3) is 0.200. The number of phenolic OH excluding ortho intramolecular Hbond substituents is 1. The zero-order valence-electron chi connectivity index (χ0n) is 11.2. The number of benzene rings is 1. The second-order valence-electron chi connectivity index (χ2n) is 4.87. The van der Waals surface area contributed by atoms with Crippen LogP contribution in [0.1, 0.15) is 17.4 Å². The van der Waals surface area contributed by atoms with Gasteiger partial charge in [0.05, 0.1) is 17.8 Å². The molecule has 5 heteroatoms. The first kappa shape index (κ1) is 12.6. The van der Waals surface area contributed by atoms with Crippen LogP contribution in [0.25, 0.3) is 11.0 Å². The molecule has 0 radical (unpaired) electrons. The van der Waals surface area contributed by atoms with Crippen LogP contribution in [0.3, 0.4) is 0 Å². The van der Waals surface area contributed by atoms with E-state index in [1.165, 1.54) is 0 Å². The summed E-state index contributed by atoms with van der Waals surface area (Å²) in [6.07, 6.45) is 4.16. The molecule has 5 nitrogen and oxygen atoms in total. The van der Waals surface area contributed by atoms with Gasteiger partial charge in [-0.1, -0.05) is 12.1 Å². The third-order valence-corrected chi connectivity index (χ3v) is 3.44. The number of nitrogens with two attached hydrogens (primary N) is 1. The number of fused-ring (bicyclic) bond motifs is 1. The van der Waals surface area contributed by atoms with E-state index in [0.29, 0.717) is 6.42 Å². The lowest BCUT2D eigenvalue weighted by atomic mass is 10.1. The summed E-state index contributed by atoms with van der Waals surface area (Å²) in [6.45, 7) is 0. The lowest BCUT2D eigenvalue weighted by Crippen LogP contribution is -2.17. The van der Waals surface area contributed by atoms with Crippen molar-refractivity contribution in [2.24, 2.45) is 12.8 Å². The highest BCUT2D eigenvalue weighted by atomic mass is 16.3. The zero-order valence-corrected chi connectivity index (χ0v) is 11.2. The van der Waals surface area contributed by atoms with E-state index in [2.05, 4.69) is 9.97 Å². The largest absolute Gasteiger partial charge is 0.508 e. The first-order valence-corrected chi connectivity index (χ1v) is 6.45. The van der Waals surface area contributed by atoms with Gasteiger partial charge in [0.2, 0.25) is 0 Å². The second kappa shape index (κ2) is 4.94. The van der Waals surface area contributed by atoms with Crippen molar-refractivity contribution in [3.8, 4) is 5.75 Å². The minimum Gasteiger partial charge on any atom is -0.508 e. The summed E-state index contributed by atoms with van der Waals surface area (Å²) < 4.78 is 2.00. The maximum atomic E-state index is 9.29. The molecular formula is C15H16N4O. The van der Waals surface area contributed by atoms with Crippen LogP contribution in [0.5, 0.6) is 5.75 Å². The maximum absolute atomic E-state index is 9.29. The van der Waals surface area contributed by atoms with E-state index in [-0.39, 0.29) is 11.8 Å². The topological polar surface area (TPSA) is 77.0 Å². The molecule has 0 aliphatic carbocycles. The number of phenols is 1. The molecule has 1 atom stereocenters. The van der Waals surface area contributed by atoms with Crippen molar-refractivity contribution in [3.63, 3.8) is 0 Å². The summed E-state index contributed by atoms with van der Waals surface area (Å²) in [4.78, 5) is 8.63. The van der Waals surface area contributed by atoms with Gasteiger partial charge in [-0.15, -0.1) is 0 Å². The summed E-state index contributed by atoms with van der Waals surface area (Å²) in [6, 6.07) is 8.82. The number of hydrogen-bond acceptors (Lipinski definition) is 4. The number of aryl methyl sites for hydroxylation is 1. The molecule has 3 aromatic rings. The van der Waals surface area contributed by atoms with E-state index >= 15 is 0 Å². The summed E-state index contributed by atoms with van der Waals surface area (Å²) >= 11 is 0. The van der Waals surface area contributed by atoms with E-state index in [4.69, 9.17) is 5.73 Å². The van der Waals surface area contributed by atoms with Crippen LogP contribution >= 0.6 is 0 Å². The van der Waals surface area contributed by atoms with Crippen LogP contribution in [-0.2, 0) is 13.5 Å². The van der Waals surface area contributed by atoms with E-state index in [0.717, 1.165) is 22.4 Å². The molecule has 3 rings (SSSR count). The third kappa shape index (κ3) is 2.23. The van der Waals surface area contributed by atoms with Gasteiger partial charge >= 0.3 is 0 Å². The molecule has 102 valence electrons. The Bertz CT molecular complexity index is 733. The molecule has 0 amide bonds. The van der Waals surface area contributed by atoms with Gasteiger partial charge in [0.25, 0.3) is 0 Å². The number of nitrogens with zero attached hydrogens (tertiary/aromatic N) is 3. The maximum Gasteiger partial charge on any atom is 0.127 e. The Morgan fingerprint density at radius 1 is 1.25 bits per heavy atom. The molecule has 0 fully saturated rings. The monoisotopic (exact) mass is 268 g/mol. The van der Waals surface area contributed by atoms with Gasteiger partial charge in [0, 0.05) is 13.2 Å². The molecule has 0 bridgehead atoms. The second-order valence-corrected chi connectivity index (χ2v) is 4.87. The van der Waals surface area contributed by atoms with Crippen LogP contribution in [0.4, 0.5) is 0 Å². The number of hydrogen-bond donors (Lipinski definition) is 2. The first-order valence-electron chi connectivity index (χ1n) is 6.45. The SMILES string of the molecule is Cn1c(C(N)Cc2ccc(O)cc2)nc2cnccc21. The van der Waals surface area contributed by atoms with Gasteiger partial charge in [-0.25, -0.2) is 4.98 Å². The van der Waals surface area contributed by atoms with Crippen molar-refractivity contribution in [1.29, 1.82) is 0 Å². The Morgan fingerprint density at radius 3 is 2.70 bits per heavy atom. The Morgan fingerprint density at radius 2 is 2.00 bits per heavy atom. The summed E-state index contributed by atoms with van der Waals surface area (Å²) in [5, 5.41) is 9.29. The van der Waals surface area contributed by atoms with Crippen LogP contribution < -0.4 is 5.73 Å². The number of imidazole rings is 1. The Hall–Kier alpha value is -2.40. The number of pyridine rings is 1. The van der Waals surface area contributed by atoms with Gasteiger partial charge in [-0.05, 0) is 30.2 Å². The molecule has 2 aromatic heterocycles. The molecule has 0 spiro atoms. The zero-order chi connectivity index (χ0) is 14.1. The quantitative estimate of drug-likeness (QED) is 0.760. The average molecular weight is 268 g/mol. The van der Waals surface area contributed by atoms with Gasteiger partial charge in [-0.3, -0.25) is 4.98 Å². The highest BCUT2D eigenvalue weighted by Gasteiger charge is 2.15. The van der Waals surface area contributed by atoms with Crippen LogP contribution in [0, 0.1) is 0 Å². The molecule has 20 heavy (non-hydrogen) atoms. The Balaban J connectivity index is 1.90. The standard InChI is InChI=1S/C15H16N4O/c1-19-14-6-7-17-9-13(14)18-15(19)12(16)8-10-2-4-11(20)5-3-10/h2-7,9,12,20H,8,16H2,1H3. The molecular weight excluding hydrogens is 252 g/mol. The van der Waals surface area contributed by atoms with E-state index in [9.17, 15) is 5.11 Å². The van der Waals surface area contributed by atoms with Crippen molar-refractivity contribution in [3.05, 3.63) is 54.1 Å². The number of aromatic hydroxyl groups is 1. The fourth-order valence-electron chi connectivity index (χ4n) is 2.38. The van der Waals surface area contributed by atoms with Gasteiger partial charge < -0.3 is 15.4 Å². The molecule has 0 saturated carbocycles. The van der Waals surface area contributed by atoms with Gasteiger partial charge in [0.15, 0.2) is 0 Å². The molecule has 1 aromatic carbocycles. The van der Waals surface area contributed by atoms with Crippen LogP contribution in [0.15, 0.2) is 42.7 Å². The van der Waals surface area contributed by atoms with Crippen molar-refractivity contribution >= 4 is 11.0 Å². The normalized spacial score (nSPS) is 12.7. The molecule has 0 aliphatic rings. The Kier molecular flexibility index (Phi) is 3.12. The molecule has 3 N–H and O–H groups in total. The summed E-state index contributed by atoms with van der Waals surface area (Å²) in [7, 11) is 1.96. The summed E-state index contributed by atoms with van der Waals surface area (Å²) in [5.74, 6) is 1.09. The lowest BCUT2D eigenvalue weighted by Gasteiger charge is -2.11. The van der Waals surface area contributed by atoms with E-state index in [1.807, 2.05) is 29.8 Å². The fourth-order valence-corrected chi connectivity index (χ4v) is 2.38. The minimum atomic E-state index is -0.197. The molecule has 0 aliphatic heterocycles. The highest BCUT2D eigenvalue weighted by Crippen LogP contribution is 2.21. The molecule has 2 heterocycles. The van der Waals surface area contributed by atoms with Crippen molar-refractivity contribution in [2.45, 2.75) is 12.5 Å². The molecule has 1 unspecified atom stereocenters. The first-order chi connectivity index (χ1) is 9.65. The predicted octanol–water partition coefficient (Wildman–Crippen LogP) is 1.92. The third-order valence-electron chi connectivity index (χ3n) is 3.44. The number of rotatable bonds is 3. The Labute approximate surface area is 116 Å². The van der Waals surface area contributed by atoms with E-state index < -0.39 is 0 Å². The van der Waals surface area contributed by atoms with Crippen molar-refractivity contribution < 1.29 is 5.11 Å². The highest BCUT2D eigenvalue weighted by molar-refractivity contribution is 5.74. The summed E-state index contributed by atoms with van der Waals surface area (Å²) in [5.41, 5.74) is 9.21. The van der Waals surface area contributed by atoms with Crippen LogP contribution in [-0.4, -0.2) is 19.6 Å². The minimum absolute atomic E-state index is 0.197. The van der Waals surface area contributed by atoms with Gasteiger partial charge in [0.1, 0.15) is 17.1 Å². The van der Waals surface area contributed by atoms with Gasteiger partial charge in [-0.2, -0.15) is 0 Å².